The van der Waals surface area contributed by atoms with Crippen LogP contribution in [-0.4, -0.2) is 36.4 Å². The largest absolute Gasteiger partial charge is 0.378 e. The highest BCUT2D eigenvalue weighted by Gasteiger charge is 2.30. The summed E-state index contributed by atoms with van der Waals surface area (Å²) in [5.41, 5.74) is 3.03. The Balaban J connectivity index is 1.81. The van der Waals surface area contributed by atoms with E-state index in [0.29, 0.717) is 0 Å². The number of likely N-dealkylation sites (tertiary alicyclic amines) is 1. The lowest BCUT2D eigenvalue weighted by molar-refractivity contribution is 0.0735. The zero-order valence-electron chi connectivity index (χ0n) is 13.1. The molecule has 1 aromatic heterocycles. The van der Waals surface area contributed by atoms with E-state index in [1.165, 1.54) is 5.56 Å². The minimum absolute atomic E-state index is 0.115. The van der Waals surface area contributed by atoms with Crippen molar-refractivity contribution in [3.05, 3.63) is 59.9 Å². The molecule has 0 saturated carbocycles. The molecule has 1 amide bonds. The first-order chi connectivity index (χ1) is 10.7. The second-order valence-corrected chi connectivity index (χ2v) is 5.88. The number of nitrogens with zero attached hydrogens (tertiary/aromatic N) is 3. The number of carbonyl (C=O) groups excluding carboxylic acids is 1. The number of pyridine rings is 1. The number of carbonyl (C=O) groups is 1. The third kappa shape index (κ3) is 2.82. The number of benzene rings is 1. The van der Waals surface area contributed by atoms with Crippen molar-refractivity contribution >= 4 is 11.6 Å². The molecule has 114 valence electrons. The summed E-state index contributed by atoms with van der Waals surface area (Å²) >= 11 is 0. The maximum absolute atomic E-state index is 12.8. The molecule has 0 radical (unpaired) electrons. The number of amides is 1. The lowest BCUT2D eigenvalue weighted by Gasteiger charge is -2.25. The van der Waals surface area contributed by atoms with Gasteiger partial charge in [0.05, 0.1) is 6.04 Å². The Bertz CT molecular complexity index is 637. The SMILES string of the molecule is CN(C)c1ccc(C(=O)N2CCC[C@@H]2c2ccncc2)cc1. The molecule has 22 heavy (non-hydrogen) atoms. The maximum atomic E-state index is 12.8. The van der Waals surface area contributed by atoms with Gasteiger partial charge in [-0.1, -0.05) is 0 Å². The van der Waals surface area contributed by atoms with Crippen LogP contribution in [0.2, 0.25) is 0 Å². The van der Waals surface area contributed by atoms with E-state index in [0.717, 1.165) is 30.6 Å². The standard InChI is InChI=1S/C18H21N3O/c1-20(2)16-7-5-15(6-8-16)18(22)21-13-3-4-17(21)14-9-11-19-12-10-14/h5-12,17H,3-4,13H2,1-2H3/t17-/m1/s1. The summed E-state index contributed by atoms with van der Waals surface area (Å²) in [6.07, 6.45) is 5.66. The lowest BCUT2D eigenvalue weighted by atomic mass is 10.1. The highest BCUT2D eigenvalue weighted by atomic mass is 16.2. The molecule has 1 aliphatic rings. The van der Waals surface area contributed by atoms with Crippen LogP contribution in [0.1, 0.15) is 34.8 Å². The fourth-order valence-electron chi connectivity index (χ4n) is 3.01. The van der Waals surface area contributed by atoms with Crippen molar-refractivity contribution < 1.29 is 4.79 Å². The summed E-state index contributed by atoms with van der Waals surface area (Å²) < 4.78 is 0. The molecule has 0 spiro atoms. The van der Waals surface area contributed by atoms with E-state index >= 15 is 0 Å². The van der Waals surface area contributed by atoms with Crippen molar-refractivity contribution in [2.45, 2.75) is 18.9 Å². The van der Waals surface area contributed by atoms with E-state index in [4.69, 9.17) is 0 Å². The van der Waals surface area contributed by atoms with Gasteiger partial charge in [0, 0.05) is 44.3 Å². The van der Waals surface area contributed by atoms with E-state index < -0.39 is 0 Å². The molecular weight excluding hydrogens is 274 g/mol. The van der Waals surface area contributed by atoms with Crippen LogP contribution >= 0.6 is 0 Å². The third-order valence-corrected chi connectivity index (χ3v) is 4.24. The smallest absolute Gasteiger partial charge is 0.254 e. The Labute approximate surface area is 131 Å². The Kier molecular flexibility index (Phi) is 4.09. The van der Waals surface area contributed by atoms with Gasteiger partial charge in [0.2, 0.25) is 0 Å². The van der Waals surface area contributed by atoms with Gasteiger partial charge in [0.1, 0.15) is 0 Å². The number of anilines is 1. The van der Waals surface area contributed by atoms with Crippen LogP contribution < -0.4 is 4.90 Å². The minimum atomic E-state index is 0.115. The van der Waals surface area contributed by atoms with Gasteiger partial charge in [0.15, 0.2) is 0 Å². The summed E-state index contributed by atoms with van der Waals surface area (Å²) in [7, 11) is 3.99. The number of hydrogen-bond acceptors (Lipinski definition) is 3. The molecule has 0 aliphatic carbocycles. The first-order valence-corrected chi connectivity index (χ1v) is 7.65. The molecule has 0 bridgehead atoms. The Morgan fingerprint density at radius 1 is 1.14 bits per heavy atom. The maximum Gasteiger partial charge on any atom is 0.254 e. The number of rotatable bonds is 3. The van der Waals surface area contributed by atoms with E-state index in [2.05, 4.69) is 4.98 Å². The first-order valence-electron chi connectivity index (χ1n) is 7.65. The molecular formula is C18H21N3O. The fraction of sp³-hybridized carbons (Fsp3) is 0.333. The average molecular weight is 295 g/mol. The van der Waals surface area contributed by atoms with Gasteiger partial charge in [-0.15, -0.1) is 0 Å². The van der Waals surface area contributed by atoms with E-state index in [1.54, 1.807) is 12.4 Å². The topological polar surface area (TPSA) is 36.4 Å². The van der Waals surface area contributed by atoms with E-state index in [9.17, 15) is 4.79 Å². The monoisotopic (exact) mass is 295 g/mol. The van der Waals surface area contributed by atoms with Gasteiger partial charge in [-0.3, -0.25) is 9.78 Å². The first kappa shape index (κ1) is 14.6. The van der Waals surface area contributed by atoms with Crippen LogP contribution in [-0.2, 0) is 0 Å². The second-order valence-electron chi connectivity index (χ2n) is 5.88. The van der Waals surface area contributed by atoms with E-state index in [1.807, 2.05) is 60.3 Å². The zero-order chi connectivity index (χ0) is 15.5. The molecule has 1 saturated heterocycles. The predicted octanol–water partition coefficient (Wildman–Crippen LogP) is 3.12. The molecule has 4 heteroatoms. The number of aromatic nitrogens is 1. The van der Waals surface area contributed by atoms with Crippen LogP contribution in [0.3, 0.4) is 0 Å². The molecule has 3 rings (SSSR count). The van der Waals surface area contributed by atoms with Crippen molar-refractivity contribution in [2.75, 3.05) is 25.5 Å². The molecule has 0 N–H and O–H groups in total. The lowest BCUT2D eigenvalue weighted by Crippen LogP contribution is -2.30. The zero-order valence-corrected chi connectivity index (χ0v) is 13.1. The van der Waals surface area contributed by atoms with Gasteiger partial charge in [0.25, 0.3) is 5.91 Å². The summed E-state index contributed by atoms with van der Waals surface area (Å²) in [5, 5.41) is 0. The Morgan fingerprint density at radius 3 is 2.45 bits per heavy atom. The van der Waals surface area contributed by atoms with Gasteiger partial charge < -0.3 is 9.80 Å². The molecule has 1 aromatic carbocycles. The van der Waals surface area contributed by atoms with Crippen LogP contribution in [0.25, 0.3) is 0 Å². The van der Waals surface area contributed by atoms with Crippen molar-refractivity contribution in [1.29, 1.82) is 0 Å². The molecule has 4 nitrogen and oxygen atoms in total. The molecule has 1 atom stereocenters. The third-order valence-electron chi connectivity index (χ3n) is 4.24. The van der Waals surface area contributed by atoms with Gasteiger partial charge >= 0.3 is 0 Å². The normalized spacial score (nSPS) is 17.5. The molecule has 0 unspecified atom stereocenters. The van der Waals surface area contributed by atoms with Crippen LogP contribution in [0.15, 0.2) is 48.8 Å². The van der Waals surface area contributed by atoms with Gasteiger partial charge in [-0.2, -0.15) is 0 Å². The van der Waals surface area contributed by atoms with Crippen molar-refractivity contribution in [1.82, 2.24) is 9.88 Å². The summed E-state index contributed by atoms with van der Waals surface area (Å²) in [4.78, 5) is 20.9. The highest BCUT2D eigenvalue weighted by Crippen LogP contribution is 2.32. The Hall–Kier alpha value is -2.36. The van der Waals surface area contributed by atoms with Crippen molar-refractivity contribution in [2.24, 2.45) is 0 Å². The van der Waals surface area contributed by atoms with Crippen LogP contribution in [0.4, 0.5) is 5.69 Å². The molecule has 1 aliphatic heterocycles. The predicted molar refractivity (Wildman–Crippen MR) is 88.0 cm³/mol. The summed E-state index contributed by atoms with van der Waals surface area (Å²) in [5.74, 6) is 0.115. The fourth-order valence-corrected chi connectivity index (χ4v) is 3.01. The van der Waals surface area contributed by atoms with Crippen molar-refractivity contribution in [3.8, 4) is 0 Å². The molecule has 2 aromatic rings. The van der Waals surface area contributed by atoms with Gasteiger partial charge in [-0.05, 0) is 54.8 Å². The summed E-state index contributed by atoms with van der Waals surface area (Å²) in [6.45, 7) is 0.821. The molecule has 1 fully saturated rings. The highest BCUT2D eigenvalue weighted by molar-refractivity contribution is 5.95. The second kappa shape index (κ2) is 6.18. The quantitative estimate of drug-likeness (QED) is 0.873. The van der Waals surface area contributed by atoms with Crippen LogP contribution in [0, 0.1) is 0 Å². The van der Waals surface area contributed by atoms with Gasteiger partial charge in [-0.25, -0.2) is 0 Å². The van der Waals surface area contributed by atoms with Crippen molar-refractivity contribution in [3.63, 3.8) is 0 Å². The van der Waals surface area contributed by atoms with Crippen LogP contribution in [0.5, 0.6) is 0 Å². The Morgan fingerprint density at radius 2 is 1.82 bits per heavy atom. The molecule has 2 heterocycles. The number of hydrogen-bond donors (Lipinski definition) is 0. The summed E-state index contributed by atoms with van der Waals surface area (Å²) in [6, 6.07) is 12.0. The van der Waals surface area contributed by atoms with E-state index in [-0.39, 0.29) is 11.9 Å². The average Bonchev–Trinajstić information content (AvgIpc) is 3.04. The minimum Gasteiger partial charge on any atom is -0.378 e.